The Kier molecular flexibility index (Phi) is 6.71. The fourth-order valence-corrected chi connectivity index (χ4v) is 3.87. The molecule has 162 valence electrons. The van der Waals surface area contributed by atoms with Crippen LogP contribution in [-0.4, -0.2) is 32.8 Å². The summed E-state index contributed by atoms with van der Waals surface area (Å²) in [5.74, 6) is -0.593. The first kappa shape index (κ1) is 22.8. The van der Waals surface area contributed by atoms with Crippen molar-refractivity contribution in [3.8, 4) is 5.69 Å². The molecule has 0 aliphatic heterocycles. The minimum atomic E-state index is -0.576. The molecule has 0 atom stereocenters. The van der Waals surface area contributed by atoms with E-state index in [4.69, 9.17) is 11.6 Å². The Hall–Kier alpha value is -2.84. The minimum Gasteiger partial charge on any atom is -0.333 e. The van der Waals surface area contributed by atoms with E-state index in [9.17, 15) is 14.4 Å². The van der Waals surface area contributed by atoms with E-state index in [0.717, 1.165) is 17.3 Å². The number of carbonyl (C=O) groups is 2. The lowest BCUT2D eigenvalue weighted by molar-refractivity contribution is -0.117. The van der Waals surface area contributed by atoms with Crippen LogP contribution in [0.1, 0.15) is 26.3 Å². The smallest absolute Gasteiger partial charge is 0.321 e. The van der Waals surface area contributed by atoms with Gasteiger partial charge in [0.15, 0.2) is 5.16 Å². The van der Waals surface area contributed by atoms with Crippen molar-refractivity contribution in [2.75, 3.05) is 5.75 Å². The van der Waals surface area contributed by atoms with Crippen molar-refractivity contribution in [3.63, 3.8) is 0 Å². The molecule has 0 fully saturated rings. The summed E-state index contributed by atoms with van der Waals surface area (Å²) in [7, 11) is 0. The highest BCUT2D eigenvalue weighted by molar-refractivity contribution is 7.99. The largest absolute Gasteiger partial charge is 0.333 e. The highest BCUT2D eigenvalue weighted by Crippen LogP contribution is 2.23. The molecular weight excluding hydrogens is 436 g/mol. The fraction of sp³-hybridized carbons (Fsp3) is 0.273. The van der Waals surface area contributed by atoms with Gasteiger partial charge in [0.25, 0.3) is 5.56 Å². The van der Waals surface area contributed by atoms with Crippen LogP contribution in [0.4, 0.5) is 4.79 Å². The first-order chi connectivity index (χ1) is 14.5. The zero-order chi connectivity index (χ0) is 22.8. The molecule has 3 amide bonds. The average molecular weight is 459 g/mol. The Morgan fingerprint density at radius 3 is 2.58 bits per heavy atom. The summed E-state index contributed by atoms with van der Waals surface area (Å²) >= 11 is 7.14. The van der Waals surface area contributed by atoms with Gasteiger partial charge in [-0.15, -0.1) is 0 Å². The van der Waals surface area contributed by atoms with E-state index in [1.807, 2.05) is 45.9 Å². The number of urea groups is 1. The van der Waals surface area contributed by atoms with Crippen LogP contribution >= 0.6 is 23.4 Å². The molecule has 31 heavy (non-hydrogen) atoms. The van der Waals surface area contributed by atoms with Crippen molar-refractivity contribution in [1.29, 1.82) is 0 Å². The molecule has 3 aromatic rings. The summed E-state index contributed by atoms with van der Waals surface area (Å²) < 4.78 is 1.47. The molecule has 0 saturated carbocycles. The maximum Gasteiger partial charge on any atom is 0.321 e. The van der Waals surface area contributed by atoms with E-state index in [0.29, 0.717) is 26.8 Å². The molecule has 0 unspecified atom stereocenters. The molecule has 0 aliphatic rings. The van der Waals surface area contributed by atoms with Crippen LogP contribution in [0.15, 0.2) is 52.4 Å². The lowest BCUT2D eigenvalue weighted by Gasteiger charge is -2.20. The highest BCUT2D eigenvalue weighted by Gasteiger charge is 2.18. The van der Waals surface area contributed by atoms with Gasteiger partial charge in [-0.25, -0.2) is 9.78 Å². The predicted molar refractivity (Wildman–Crippen MR) is 124 cm³/mol. The fourth-order valence-electron chi connectivity index (χ4n) is 2.89. The maximum absolute atomic E-state index is 13.3. The highest BCUT2D eigenvalue weighted by atomic mass is 35.5. The molecule has 0 saturated heterocycles. The average Bonchev–Trinajstić information content (AvgIpc) is 2.64. The van der Waals surface area contributed by atoms with Gasteiger partial charge in [-0.3, -0.25) is 19.5 Å². The Balaban J connectivity index is 1.95. The van der Waals surface area contributed by atoms with Gasteiger partial charge >= 0.3 is 6.03 Å². The second kappa shape index (κ2) is 9.11. The van der Waals surface area contributed by atoms with Gasteiger partial charge in [0.2, 0.25) is 5.91 Å². The Bertz CT molecular complexity index is 1220. The quantitative estimate of drug-likeness (QED) is 0.454. The summed E-state index contributed by atoms with van der Waals surface area (Å²) in [6, 6.07) is 11.8. The number of thioether (sulfide) groups is 1. The van der Waals surface area contributed by atoms with E-state index >= 15 is 0 Å². The maximum atomic E-state index is 13.3. The Morgan fingerprint density at radius 2 is 1.90 bits per heavy atom. The Morgan fingerprint density at radius 1 is 1.16 bits per heavy atom. The monoisotopic (exact) mass is 458 g/mol. The minimum absolute atomic E-state index is 0.0953. The summed E-state index contributed by atoms with van der Waals surface area (Å²) in [4.78, 5) is 42.1. The van der Waals surface area contributed by atoms with Crippen LogP contribution in [0.25, 0.3) is 16.6 Å². The number of hydrogen-bond donors (Lipinski definition) is 2. The molecule has 0 spiro atoms. The van der Waals surface area contributed by atoms with Gasteiger partial charge in [-0.2, -0.15) is 0 Å². The van der Waals surface area contributed by atoms with Crippen LogP contribution in [0.3, 0.4) is 0 Å². The second-order valence-electron chi connectivity index (χ2n) is 8.08. The number of nitrogens with zero attached hydrogens (tertiary/aromatic N) is 2. The first-order valence-corrected chi connectivity index (χ1v) is 10.9. The number of nitrogens with one attached hydrogen (secondary N) is 2. The summed E-state index contributed by atoms with van der Waals surface area (Å²) in [6.45, 7) is 7.38. The number of aryl methyl sites for hydroxylation is 1. The number of imide groups is 1. The number of fused-ring (bicyclic) bond motifs is 1. The zero-order valence-electron chi connectivity index (χ0n) is 17.7. The van der Waals surface area contributed by atoms with E-state index < -0.39 is 17.5 Å². The third kappa shape index (κ3) is 5.86. The first-order valence-electron chi connectivity index (χ1n) is 9.58. The predicted octanol–water partition coefficient (Wildman–Crippen LogP) is 4.06. The molecule has 1 aromatic heterocycles. The molecule has 0 radical (unpaired) electrons. The van der Waals surface area contributed by atoms with Crippen LogP contribution in [-0.2, 0) is 4.79 Å². The topological polar surface area (TPSA) is 93.1 Å². The summed E-state index contributed by atoms with van der Waals surface area (Å²) in [5, 5.41) is 6.16. The third-order valence-corrected chi connectivity index (χ3v) is 5.31. The molecular formula is C22H23ClN4O3S. The van der Waals surface area contributed by atoms with Crippen molar-refractivity contribution >= 4 is 46.2 Å². The molecule has 3 rings (SSSR count). The molecule has 9 heteroatoms. The standard InChI is InChI=1S/C22H23ClN4O3S/c1-13-6-5-7-15(10-13)27-19(29)16-9-8-14(23)11-17(16)24-21(27)31-12-18(28)25-20(30)26-22(2,3)4/h5-11H,12H2,1-4H3,(H2,25,26,28,30). The van der Waals surface area contributed by atoms with Crippen molar-refractivity contribution in [2.45, 2.75) is 38.4 Å². The van der Waals surface area contributed by atoms with Gasteiger partial charge in [0.05, 0.1) is 22.3 Å². The zero-order valence-corrected chi connectivity index (χ0v) is 19.2. The third-order valence-electron chi connectivity index (χ3n) is 4.13. The Labute approximate surface area is 189 Å². The van der Waals surface area contributed by atoms with Crippen LogP contribution in [0.2, 0.25) is 5.02 Å². The van der Waals surface area contributed by atoms with Gasteiger partial charge < -0.3 is 5.32 Å². The van der Waals surface area contributed by atoms with E-state index in [2.05, 4.69) is 15.6 Å². The van der Waals surface area contributed by atoms with Gasteiger partial charge in [-0.1, -0.05) is 35.5 Å². The SMILES string of the molecule is Cc1cccc(-n2c(SCC(=O)NC(=O)NC(C)(C)C)nc3cc(Cl)ccc3c2=O)c1. The summed E-state index contributed by atoms with van der Waals surface area (Å²) in [5.41, 5.74) is 1.33. The van der Waals surface area contributed by atoms with Crippen LogP contribution in [0, 0.1) is 6.92 Å². The van der Waals surface area contributed by atoms with E-state index in [1.165, 1.54) is 4.57 Å². The normalized spacial score (nSPS) is 11.4. The number of aromatic nitrogens is 2. The summed E-state index contributed by atoms with van der Waals surface area (Å²) in [6.07, 6.45) is 0. The lowest BCUT2D eigenvalue weighted by atomic mass is 10.1. The van der Waals surface area contributed by atoms with Crippen molar-refractivity contribution in [2.24, 2.45) is 0 Å². The van der Waals surface area contributed by atoms with Crippen molar-refractivity contribution in [3.05, 3.63) is 63.4 Å². The molecule has 7 nitrogen and oxygen atoms in total. The second-order valence-corrected chi connectivity index (χ2v) is 9.46. The number of rotatable bonds is 4. The van der Waals surface area contributed by atoms with E-state index in [-0.39, 0.29) is 11.3 Å². The van der Waals surface area contributed by atoms with Gasteiger partial charge in [0, 0.05) is 10.6 Å². The van der Waals surface area contributed by atoms with Crippen molar-refractivity contribution in [1.82, 2.24) is 20.2 Å². The number of hydrogen-bond acceptors (Lipinski definition) is 5. The molecule has 0 aliphatic carbocycles. The van der Waals surface area contributed by atoms with Gasteiger partial charge in [0.1, 0.15) is 0 Å². The lowest BCUT2D eigenvalue weighted by Crippen LogP contribution is -2.48. The van der Waals surface area contributed by atoms with Gasteiger partial charge in [-0.05, 0) is 63.6 Å². The van der Waals surface area contributed by atoms with E-state index in [1.54, 1.807) is 24.3 Å². The molecule has 2 N–H and O–H groups in total. The number of benzene rings is 2. The number of amides is 3. The van der Waals surface area contributed by atoms with Crippen molar-refractivity contribution < 1.29 is 9.59 Å². The molecule has 0 bridgehead atoms. The number of carbonyl (C=O) groups excluding carboxylic acids is 2. The van der Waals surface area contributed by atoms with Crippen LogP contribution in [0.5, 0.6) is 0 Å². The number of halogens is 1. The molecule has 1 heterocycles. The van der Waals surface area contributed by atoms with Crippen LogP contribution < -0.4 is 16.2 Å². The molecule has 2 aromatic carbocycles.